The quantitative estimate of drug-likeness (QED) is 0.786. The summed E-state index contributed by atoms with van der Waals surface area (Å²) in [7, 11) is 0. The summed E-state index contributed by atoms with van der Waals surface area (Å²) in [6, 6.07) is 4.30. The minimum atomic E-state index is -1.01. The smallest absolute Gasteiger partial charge is 0.159 e. The molecule has 2 heterocycles. The zero-order valence-corrected chi connectivity index (χ0v) is 9.42. The number of aliphatic hydroxyl groups is 1. The van der Waals surface area contributed by atoms with Gasteiger partial charge in [0, 0.05) is 12.1 Å². The highest BCUT2D eigenvalue weighted by Gasteiger charge is 2.43. The lowest BCUT2D eigenvalue weighted by Crippen LogP contribution is -2.46. The standard InChI is InChI=1S/C13H15F2NO/c14-11-4-1-8(5-12(11)15)13(17)6-9-2-3-10(7-13)16-9/h1,4-5,9-10,16-17H,2-3,6-7H2. The highest BCUT2D eigenvalue weighted by Crippen LogP contribution is 2.40. The van der Waals surface area contributed by atoms with E-state index in [9.17, 15) is 13.9 Å². The molecule has 2 fully saturated rings. The molecule has 0 saturated carbocycles. The average Bonchev–Trinajstić information content (AvgIpc) is 2.62. The number of hydrogen-bond donors (Lipinski definition) is 2. The Morgan fingerprint density at radius 2 is 1.76 bits per heavy atom. The highest BCUT2D eigenvalue weighted by atomic mass is 19.2. The predicted octanol–water partition coefficient (Wildman–Crippen LogP) is 2.07. The van der Waals surface area contributed by atoms with Gasteiger partial charge in [0.2, 0.25) is 0 Å². The molecule has 2 aliphatic heterocycles. The van der Waals surface area contributed by atoms with Crippen LogP contribution in [0.25, 0.3) is 0 Å². The molecule has 2 atom stereocenters. The Hall–Kier alpha value is -1.00. The van der Waals surface area contributed by atoms with Crippen molar-refractivity contribution in [2.45, 2.75) is 43.4 Å². The van der Waals surface area contributed by atoms with Crippen LogP contribution in [0.1, 0.15) is 31.2 Å². The van der Waals surface area contributed by atoms with Crippen molar-refractivity contribution < 1.29 is 13.9 Å². The number of piperidine rings is 1. The summed E-state index contributed by atoms with van der Waals surface area (Å²) in [6.07, 6.45) is 3.26. The van der Waals surface area contributed by atoms with Crippen LogP contribution in [-0.4, -0.2) is 17.2 Å². The Kier molecular flexibility index (Phi) is 2.45. The molecule has 1 aromatic carbocycles. The molecular weight excluding hydrogens is 224 g/mol. The molecule has 0 amide bonds. The van der Waals surface area contributed by atoms with E-state index in [4.69, 9.17) is 0 Å². The van der Waals surface area contributed by atoms with Crippen molar-refractivity contribution in [3.8, 4) is 0 Å². The van der Waals surface area contributed by atoms with Gasteiger partial charge in [0.25, 0.3) is 0 Å². The van der Waals surface area contributed by atoms with Gasteiger partial charge >= 0.3 is 0 Å². The van der Waals surface area contributed by atoms with Crippen molar-refractivity contribution >= 4 is 0 Å². The molecule has 2 saturated heterocycles. The Bertz CT molecular complexity index is 437. The molecule has 1 aromatic rings. The van der Waals surface area contributed by atoms with Gasteiger partial charge in [-0.2, -0.15) is 0 Å². The second-order valence-corrected chi connectivity index (χ2v) is 5.21. The van der Waals surface area contributed by atoms with E-state index < -0.39 is 17.2 Å². The van der Waals surface area contributed by atoms with E-state index in [1.54, 1.807) is 0 Å². The van der Waals surface area contributed by atoms with Crippen LogP contribution >= 0.6 is 0 Å². The SMILES string of the molecule is OC1(c2ccc(F)c(F)c2)CC2CCC(C1)N2. The number of hydrogen-bond acceptors (Lipinski definition) is 2. The molecule has 92 valence electrons. The molecular formula is C13H15F2NO. The number of rotatable bonds is 1. The lowest BCUT2D eigenvalue weighted by molar-refractivity contribution is -0.0117. The van der Waals surface area contributed by atoms with Crippen molar-refractivity contribution in [2.24, 2.45) is 0 Å². The van der Waals surface area contributed by atoms with E-state index in [1.165, 1.54) is 6.07 Å². The maximum Gasteiger partial charge on any atom is 0.159 e. The summed E-state index contributed by atoms with van der Waals surface area (Å²) >= 11 is 0. The van der Waals surface area contributed by atoms with Gasteiger partial charge in [-0.25, -0.2) is 8.78 Å². The lowest BCUT2D eigenvalue weighted by atomic mass is 9.81. The fourth-order valence-electron chi connectivity index (χ4n) is 3.14. The normalized spacial score (nSPS) is 36.2. The third kappa shape index (κ3) is 1.85. The Morgan fingerprint density at radius 3 is 2.35 bits per heavy atom. The zero-order valence-electron chi connectivity index (χ0n) is 9.42. The fourth-order valence-corrected chi connectivity index (χ4v) is 3.14. The molecule has 2 aliphatic rings. The maximum absolute atomic E-state index is 13.2. The van der Waals surface area contributed by atoms with E-state index in [-0.39, 0.29) is 0 Å². The molecule has 2 bridgehead atoms. The number of fused-ring (bicyclic) bond motifs is 2. The topological polar surface area (TPSA) is 32.3 Å². The first kappa shape index (κ1) is 11.1. The second kappa shape index (κ2) is 3.75. The number of nitrogens with one attached hydrogen (secondary N) is 1. The van der Waals surface area contributed by atoms with E-state index >= 15 is 0 Å². The van der Waals surface area contributed by atoms with Crippen LogP contribution in [0, 0.1) is 11.6 Å². The van der Waals surface area contributed by atoms with Gasteiger partial charge in [-0.1, -0.05) is 6.07 Å². The Balaban J connectivity index is 1.94. The molecule has 4 heteroatoms. The van der Waals surface area contributed by atoms with Crippen LogP contribution in [0.5, 0.6) is 0 Å². The van der Waals surface area contributed by atoms with Crippen LogP contribution in [0.4, 0.5) is 8.78 Å². The van der Waals surface area contributed by atoms with Crippen molar-refractivity contribution in [1.29, 1.82) is 0 Å². The van der Waals surface area contributed by atoms with E-state index in [1.807, 2.05) is 0 Å². The Morgan fingerprint density at radius 1 is 1.12 bits per heavy atom. The molecule has 0 aliphatic carbocycles. The van der Waals surface area contributed by atoms with Crippen molar-refractivity contribution in [2.75, 3.05) is 0 Å². The van der Waals surface area contributed by atoms with Gasteiger partial charge in [0.05, 0.1) is 5.60 Å². The minimum absolute atomic E-state index is 0.298. The summed E-state index contributed by atoms with van der Waals surface area (Å²) in [5.41, 5.74) is -0.513. The predicted molar refractivity (Wildman–Crippen MR) is 59.4 cm³/mol. The first-order chi connectivity index (χ1) is 8.07. The zero-order chi connectivity index (χ0) is 12.0. The summed E-state index contributed by atoms with van der Waals surface area (Å²) in [4.78, 5) is 0. The fraction of sp³-hybridized carbons (Fsp3) is 0.538. The van der Waals surface area contributed by atoms with Crippen LogP contribution in [0.2, 0.25) is 0 Å². The van der Waals surface area contributed by atoms with Crippen LogP contribution < -0.4 is 5.32 Å². The summed E-state index contributed by atoms with van der Waals surface area (Å²) in [6.45, 7) is 0. The maximum atomic E-state index is 13.2. The molecule has 0 spiro atoms. The first-order valence-corrected chi connectivity index (χ1v) is 6.01. The molecule has 0 radical (unpaired) electrons. The highest BCUT2D eigenvalue weighted by molar-refractivity contribution is 5.26. The first-order valence-electron chi connectivity index (χ1n) is 6.01. The third-order valence-corrected chi connectivity index (χ3v) is 3.96. The summed E-state index contributed by atoms with van der Waals surface area (Å²) in [5, 5.41) is 14.0. The minimum Gasteiger partial charge on any atom is -0.385 e. The van der Waals surface area contributed by atoms with Crippen molar-refractivity contribution in [1.82, 2.24) is 5.32 Å². The number of halogens is 2. The van der Waals surface area contributed by atoms with Crippen molar-refractivity contribution in [3.63, 3.8) is 0 Å². The van der Waals surface area contributed by atoms with Crippen LogP contribution in [-0.2, 0) is 5.60 Å². The van der Waals surface area contributed by atoms with E-state index in [2.05, 4.69) is 5.32 Å². The third-order valence-electron chi connectivity index (χ3n) is 3.96. The molecule has 3 rings (SSSR count). The van der Waals surface area contributed by atoms with Gasteiger partial charge in [-0.3, -0.25) is 0 Å². The van der Waals surface area contributed by atoms with Gasteiger partial charge in [-0.15, -0.1) is 0 Å². The van der Waals surface area contributed by atoms with Crippen LogP contribution in [0.15, 0.2) is 18.2 Å². The van der Waals surface area contributed by atoms with Gasteiger partial charge in [0.15, 0.2) is 11.6 Å². The number of benzene rings is 1. The molecule has 17 heavy (non-hydrogen) atoms. The lowest BCUT2D eigenvalue weighted by Gasteiger charge is -2.37. The molecule has 2 unspecified atom stereocenters. The van der Waals surface area contributed by atoms with Gasteiger partial charge < -0.3 is 10.4 Å². The largest absolute Gasteiger partial charge is 0.385 e. The molecule has 2 nitrogen and oxygen atoms in total. The van der Waals surface area contributed by atoms with Gasteiger partial charge in [0.1, 0.15) is 0 Å². The Labute approximate surface area is 98.6 Å². The second-order valence-electron chi connectivity index (χ2n) is 5.21. The van der Waals surface area contributed by atoms with Crippen LogP contribution in [0.3, 0.4) is 0 Å². The summed E-state index contributed by atoms with van der Waals surface area (Å²) in [5.74, 6) is -1.75. The molecule has 0 aromatic heterocycles. The average molecular weight is 239 g/mol. The molecule has 2 N–H and O–H groups in total. The van der Waals surface area contributed by atoms with Gasteiger partial charge in [-0.05, 0) is 43.4 Å². The van der Waals surface area contributed by atoms with E-state index in [0.29, 0.717) is 30.5 Å². The van der Waals surface area contributed by atoms with Crippen molar-refractivity contribution in [3.05, 3.63) is 35.4 Å². The van der Waals surface area contributed by atoms with E-state index in [0.717, 1.165) is 25.0 Å². The monoisotopic (exact) mass is 239 g/mol. The summed E-state index contributed by atoms with van der Waals surface area (Å²) < 4.78 is 26.1.